The second kappa shape index (κ2) is 7.57. The van der Waals surface area contributed by atoms with Crippen molar-refractivity contribution in [2.45, 2.75) is 19.4 Å². The van der Waals surface area contributed by atoms with Crippen molar-refractivity contribution in [3.63, 3.8) is 0 Å². The normalized spacial score (nSPS) is 28.3. The van der Waals surface area contributed by atoms with E-state index in [1.165, 1.54) is 13.3 Å². The molecule has 0 N–H and O–H groups in total. The number of hydrazone groups is 1. The van der Waals surface area contributed by atoms with Crippen molar-refractivity contribution < 1.29 is 23.9 Å². The summed E-state index contributed by atoms with van der Waals surface area (Å²) in [5.41, 5.74) is 0.416. The Bertz CT molecular complexity index is 932. The lowest BCUT2D eigenvalue weighted by atomic mass is 9.85. The molecule has 0 aromatic heterocycles. The zero-order valence-electron chi connectivity index (χ0n) is 15.7. The van der Waals surface area contributed by atoms with Gasteiger partial charge in [0.2, 0.25) is 0 Å². The van der Waals surface area contributed by atoms with Crippen LogP contribution >= 0.6 is 27.5 Å². The second-order valence-electron chi connectivity index (χ2n) is 7.32. The number of esters is 1. The summed E-state index contributed by atoms with van der Waals surface area (Å²) < 4.78 is 10.9. The molecule has 29 heavy (non-hydrogen) atoms. The highest BCUT2D eigenvalue weighted by Crippen LogP contribution is 2.52. The van der Waals surface area contributed by atoms with Gasteiger partial charge in [-0.1, -0.05) is 23.8 Å². The number of rotatable bonds is 5. The van der Waals surface area contributed by atoms with Crippen LogP contribution in [0.4, 0.5) is 0 Å². The van der Waals surface area contributed by atoms with E-state index >= 15 is 0 Å². The number of methoxy groups -OCH3 is 1. The minimum Gasteiger partial charge on any atom is -0.477 e. The highest BCUT2D eigenvalue weighted by atomic mass is 79.9. The predicted molar refractivity (Wildman–Crippen MR) is 108 cm³/mol. The van der Waals surface area contributed by atoms with Crippen LogP contribution < -0.4 is 4.74 Å². The average Bonchev–Trinajstić information content (AvgIpc) is 3.36. The van der Waals surface area contributed by atoms with Gasteiger partial charge in [0.15, 0.2) is 6.10 Å². The monoisotopic (exact) mass is 480 g/mol. The molecule has 4 rings (SSSR count). The number of amides is 2. The van der Waals surface area contributed by atoms with Crippen LogP contribution in [0.3, 0.4) is 0 Å². The van der Waals surface area contributed by atoms with Crippen LogP contribution in [0, 0.1) is 23.7 Å². The van der Waals surface area contributed by atoms with Gasteiger partial charge in [0, 0.05) is 10.6 Å². The van der Waals surface area contributed by atoms with Crippen molar-refractivity contribution in [3.05, 3.63) is 39.3 Å². The number of allylic oxidation sites excluding steroid dienone is 2. The molecule has 1 heterocycles. The molecule has 9 heteroatoms. The number of nitrogens with zero attached hydrogens (tertiary/aromatic N) is 2. The van der Waals surface area contributed by atoms with E-state index in [0.717, 1.165) is 11.4 Å². The van der Waals surface area contributed by atoms with Crippen LogP contribution in [-0.4, -0.2) is 42.2 Å². The molecule has 2 amide bonds. The van der Waals surface area contributed by atoms with E-state index in [4.69, 9.17) is 16.3 Å². The maximum atomic E-state index is 12.8. The molecule has 5 atom stereocenters. The third-order valence-electron chi connectivity index (χ3n) is 5.62. The summed E-state index contributed by atoms with van der Waals surface area (Å²) in [6, 6.07) is 3.18. The number of carbonyl (C=O) groups excluding carboxylic acids is 3. The molecule has 1 aromatic carbocycles. The largest absolute Gasteiger partial charge is 0.477 e. The van der Waals surface area contributed by atoms with Crippen LogP contribution in [0.5, 0.6) is 5.75 Å². The van der Waals surface area contributed by atoms with Crippen molar-refractivity contribution in [2.24, 2.45) is 28.8 Å². The predicted octanol–water partition coefficient (Wildman–Crippen LogP) is 3.18. The third kappa shape index (κ3) is 3.38. The topological polar surface area (TPSA) is 85.3 Å². The van der Waals surface area contributed by atoms with Crippen molar-refractivity contribution >= 4 is 51.5 Å². The first kappa shape index (κ1) is 20.1. The molecule has 1 saturated carbocycles. The van der Waals surface area contributed by atoms with Crippen LogP contribution in [0.25, 0.3) is 0 Å². The summed E-state index contributed by atoms with van der Waals surface area (Å²) in [4.78, 5) is 37.2. The van der Waals surface area contributed by atoms with Gasteiger partial charge in [0.05, 0.1) is 29.6 Å². The van der Waals surface area contributed by atoms with E-state index in [1.54, 1.807) is 19.1 Å². The summed E-state index contributed by atoms with van der Waals surface area (Å²) in [6.07, 6.45) is 5.38. The molecular formula is C20H18BrClN2O5. The molecule has 1 aliphatic heterocycles. The Balaban J connectivity index is 1.61. The third-order valence-corrected chi connectivity index (χ3v) is 6.43. The number of benzene rings is 1. The molecule has 1 saturated heterocycles. The Morgan fingerprint density at radius 1 is 1.28 bits per heavy atom. The molecule has 1 aromatic rings. The maximum Gasteiger partial charge on any atom is 0.346 e. The number of hydrogen-bond acceptors (Lipinski definition) is 6. The first-order chi connectivity index (χ1) is 13.8. The van der Waals surface area contributed by atoms with Crippen molar-refractivity contribution in [3.8, 4) is 5.75 Å². The Hall–Kier alpha value is -2.19. The van der Waals surface area contributed by atoms with E-state index in [2.05, 4.69) is 25.8 Å². The molecular weight excluding hydrogens is 464 g/mol. The Morgan fingerprint density at radius 2 is 1.90 bits per heavy atom. The van der Waals surface area contributed by atoms with E-state index < -0.39 is 12.1 Å². The molecule has 152 valence electrons. The summed E-state index contributed by atoms with van der Waals surface area (Å²) in [6.45, 7) is 1.55. The summed E-state index contributed by atoms with van der Waals surface area (Å²) in [5, 5.41) is 5.50. The van der Waals surface area contributed by atoms with Gasteiger partial charge in [0.25, 0.3) is 11.8 Å². The Labute approximate surface area is 180 Å². The van der Waals surface area contributed by atoms with Crippen LogP contribution in [0.1, 0.15) is 18.9 Å². The SMILES string of the molecule is COC(=O)C(C)Oc1c(Br)cc(Cl)cc1C=NN1C(=O)C2C3C=CC(C3)C2C1=O. The molecule has 0 radical (unpaired) electrons. The summed E-state index contributed by atoms with van der Waals surface area (Å²) >= 11 is 9.49. The van der Waals surface area contributed by atoms with Crippen molar-refractivity contribution in [2.75, 3.05) is 7.11 Å². The molecule has 2 fully saturated rings. The first-order valence-corrected chi connectivity index (χ1v) is 10.3. The number of imide groups is 1. The van der Waals surface area contributed by atoms with Gasteiger partial charge >= 0.3 is 5.97 Å². The van der Waals surface area contributed by atoms with Gasteiger partial charge in [0.1, 0.15) is 5.75 Å². The maximum absolute atomic E-state index is 12.8. The zero-order valence-corrected chi connectivity index (χ0v) is 18.0. The van der Waals surface area contributed by atoms with Gasteiger partial charge < -0.3 is 9.47 Å². The number of hydrogen-bond donors (Lipinski definition) is 0. The lowest BCUT2D eigenvalue weighted by molar-refractivity contribution is -0.148. The minimum absolute atomic E-state index is 0.113. The molecule has 2 bridgehead atoms. The summed E-state index contributed by atoms with van der Waals surface area (Å²) in [7, 11) is 1.27. The first-order valence-electron chi connectivity index (χ1n) is 9.15. The van der Waals surface area contributed by atoms with Gasteiger partial charge in [-0.25, -0.2) is 4.79 Å². The Kier molecular flexibility index (Phi) is 5.25. The molecule has 0 spiro atoms. The van der Waals surface area contributed by atoms with E-state index in [0.29, 0.717) is 20.8 Å². The standard InChI is InChI=1S/C20H18BrClN2O5/c1-9(20(27)28-2)29-17-12(6-13(22)7-14(17)21)8-23-24-18(25)15-10-3-4-11(5-10)16(15)19(24)26/h3-4,6-11,15-16H,5H2,1-2H3. The number of fused-ring (bicyclic) bond motifs is 5. The smallest absolute Gasteiger partial charge is 0.346 e. The highest BCUT2D eigenvalue weighted by Gasteiger charge is 2.59. The van der Waals surface area contributed by atoms with Crippen LogP contribution in [0.15, 0.2) is 33.9 Å². The lowest BCUT2D eigenvalue weighted by Gasteiger charge is -2.16. The fourth-order valence-electron chi connectivity index (χ4n) is 4.31. The molecule has 3 aliphatic rings. The number of carbonyl (C=O) groups is 3. The quantitative estimate of drug-likeness (QED) is 0.279. The lowest BCUT2D eigenvalue weighted by Crippen LogP contribution is -2.28. The fourth-order valence-corrected chi connectivity index (χ4v) is 5.24. The molecule has 5 unspecified atom stereocenters. The fraction of sp³-hybridized carbons (Fsp3) is 0.400. The van der Waals surface area contributed by atoms with E-state index in [9.17, 15) is 14.4 Å². The average molecular weight is 482 g/mol. The van der Waals surface area contributed by atoms with Crippen LogP contribution in [0.2, 0.25) is 5.02 Å². The highest BCUT2D eigenvalue weighted by molar-refractivity contribution is 9.10. The van der Waals surface area contributed by atoms with Gasteiger partial charge in [-0.05, 0) is 53.2 Å². The van der Waals surface area contributed by atoms with E-state index in [1.807, 2.05) is 12.2 Å². The Morgan fingerprint density at radius 3 is 2.48 bits per heavy atom. The second-order valence-corrected chi connectivity index (χ2v) is 8.61. The number of ether oxygens (including phenoxy) is 2. The molecule has 7 nitrogen and oxygen atoms in total. The van der Waals surface area contributed by atoms with Gasteiger partial charge in [-0.15, -0.1) is 0 Å². The van der Waals surface area contributed by atoms with Gasteiger partial charge in [-0.2, -0.15) is 10.1 Å². The van der Waals surface area contributed by atoms with Crippen molar-refractivity contribution in [1.82, 2.24) is 5.01 Å². The van der Waals surface area contributed by atoms with Crippen molar-refractivity contribution in [1.29, 1.82) is 0 Å². The number of halogens is 2. The summed E-state index contributed by atoms with van der Waals surface area (Å²) in [5.74, 6) is -1.22. The van der Waals surface area contributed by atoms with E-state index in [-0.39, 0.29) is 35.5 Å². The molecule has 2 aliphatic carbocycles. The zero-order chi connectivity index (χ0) is 20.9. The van der Waals surface area contributed by atoms with Crippen LogP contribution in [-0.2, 0) is 19.1 Å². The van der Waals surface area contributed by atoms with Gasteiger partial charge in [-0.3, -0.25) is 9.59 Å². The minimum atomic E-state index is -0.874.